The maximum absolute atomic E-state index is 11.2. The predicted molar refractivity (Wildman–Crippen MR) is 80.9 cm³/mol. The fourth-order valence-corrected chi connectivity index (χ4v) is 2.22. The van der Waals surface area contributed by atoms with Crippen LogP contribution in [0.4, 0.5) is 0 Å². The van der Waals surface area contributed by atoms with E-state index in [-0.39, 0.29) is 5.91 Å². The summed E-state index contributed by atoms with van der Waals surface area (Å²) in [5.41, 5.74) is 1.21. The number of nitrogens with one attached hydrogen (secondary N) is 2. The number of fused-ring (bicyclic) bond motifs is 1. The molecule has 2 aromatic rings. The van der Waals surface area contributed by atoms with E-state index in [1.54, 1.807) is 14.2 Å². The Bertz CT molecular complexity index is 596. The van der Waals surface area contributed by atoms with Crippen LogP contribution in [0.15, 0.2) is 36.4 Å². The van der Waals surface area contributed by atoms with Crippen molar-refractivity contribution in [1.29, 1.82) is 0 Å². The highest BCUT2D eigenvalue weighted by atomic mass is 16.5. The van der Waals surface area contributed by atoms with E-state index < -0.39 is 0 Å². The van der Waals surface area contributed by atoms with Gasteiger partial charge in [0.1, 0.15) is 5.75 Å². The van der Waals surface area contributed by atoms with E-state index >= 15 is 0 Å². The van der Waals surface area contributed by atoms with Crippen molar-refractivity contribution in [2.75, 3.05) is 20.7 Å². The van der Waals surface area contributed by atoms with E-state index in [0.717, 1.165) is 17.7 Å². The molecule has 0 saturated carbocycles. The third-order valence-electron chi connectivity index (χ3n) is 3.32. The summed E-state index contributed by atoms with van der Waals surface area (Å²) >= 11 is 0. The van der Waals surface area contributed by atoms with Gasteiger partial charge in [-0.3, -0.25) is 4.79 Å². The molecule has 2 rings (SSSR count). The maximum Gasteiger partial charge on any atom is 0.221 e. The number of carbonyl (C=O) groups excluding carboxylic acids is 1. The summed E-state index contributed by atoms with van der Waals surface area (Å²) in [6.45, 7) is 1.40. The Morgan fingerprint density at radius 3 is 2.60 bits per heavy atom. The number of hydrogen-bond donors (Lipinski definition) is 2. The Hall–Kier alpha value is -2.07. The molecule has 0 saturated heterocycles. The molecule has 0 aliphatic carbocycles. The van der Waals surface area contributed by atoms with Crippen LogP contribution in [-0.2, 0) is 11.3 Å². The average Bonchev–Trinajstić information content (AvgIpc) is 2.51. The summed E-state index contributed by atoms with van der Waals surface area (Å²) in [5.74, 6) is 0.937. The smallest absolute Gasteiger partial charge is 0.221 e. The molecule has 2 aromatic carbocycles. The van der Waals surface area contributed by atoms with E-state index in [1.165, 1.54) is 10.9 Å². The van der Waals surface area contributed by atoms with Gasteiger partial charge >= 0.3 is 0 Å². The van der Waals surface area contributed by atoms with Gasteiger partial charge in [0.25, 0.3) is 0 Å². The Kier molecular flexibility index (Phi) is 4.96. The number of methoxy groups -OCH3 is 1. The zero-order valence-electron chi connectivity index (χ0n) is 11.9. The molecule has 4 nitrogen and oxygen atoms in total. The topological polar surface area (TPSA) is 50.4 Å². The van der Waals surface area contributed by atoms with Crippen molar-refractivity contribution in [3.63, 3.8) is 0 Å². The molecule has 2 N–H and O–H groups in total. The van der Waals surface area contributed by atoms with Gasteiger partial charge in [0.05, 0.1) is 7.11 Å². The van der Waals surface area contributed by atoms with Crippen molar-refractivity contribution >= 4 is 16.7 Å². The minimum atomic E-state index is 0.0529. The van der Waals surface area contributed by atoms with Gasteiger partial charge in [-0.1, -0.05) is 30.3 Å². The number of amides is 1. The van der Waals surface area contributed by atoms with Gasteiger partial charge < -0.3 is 15.4 Å². The van der Waals surface area contributed by atoms with Crippen LogP contribution in [-0.4, -0.2) is 26.6 Å². The lowest BCUT2D eigenvalue weighted by Gasteiger charge is -2.11. The average molecular weight is 272 g/mol. The largest absolute Gasteiger partial charge is 0.496 e. The lowest BCUT2D eigenvalue weighted by molar-refractivity contribution is -0.120. The number of rotatable bonds is 6. The third kappa shape index (κ3) is 3.27. The van der Waals surface area contributed by atoms with Crippen molar-refractivity contribution in [3.8, 4) is 5.75 Å². The first kappa shape index (κ1) is 14.3. The third-order valence-corrected chi connectivity index (χ3v) is 3.32. The van der Waals surface area contributed by atoms with Crippen LogP contribution < -0.4 is 15.4 Å². The Labute approximate surface area is 119 Å². The molecular formula is C16H20N2O2. The summed E-state index contributed by atoms with van der Waals surface area (Å²) in [6, 6.07) is 12.2. The SMILES string of the molecule is CNC(=O)CCNCc1ccc(OC)c2ccccc12. The Balaban J connectivity index is 2.09. The highest BCUT2D eigenvalue weighted by Gasteiger charge is 2.05. The van der Waals surface area contributed by atoms with Crippen LogP contribution in [0.1, 0.15) is 12.0 Å². The molecule has 4 heteroatoms. The molecule has 0 aliphatic rings. The van der Waals surface area contributed by atoms with E-state index in [9.17, 15) is 4.79 Å². The van der Waals surface area contributed by atoms with Crippen molar-refractivity contribution in [1.82, 2.24) is 10.6 Å². The zero-order valence-corrected chi connectivity index (χ0v) is 11.9. The first-order valence-electron chi connectivity index (χ1n) is 6.72. The highest BCUT2D eigenvalue weighted by molar-refractivity contribution is 5.91. The fraction of sp³-hybridized carbons (Fsp3) is 0.312. The van der Waals surface area contributed by atoms with Gasteiger partial charge in [-0.2, -0.15) is 0 Å². The second kappa shape index (κ2) is 6.91. The normalized spacial score (nSPS) is 10.5. The van der Waals surface area contributed by atoms with Gasteiger partial charge in [0.2, 0.25) is 5.91 Å². The lowest BCUT2D eigenvalue weighted by Crippen LogP contribution is -2.24. The van der Waals surface area contributed by atoms with Crippen molar-refractivity contribution in [2.45, 2.75) is 13.0 Å². The van der Waals surface area contributed by atoms with Gasteiger partial charge in [0, 0.05) is 31.9 Å². The number of ether oxygens (including phenoxy) is 1. The summed E-state index contributed by atoms with van der Waals surface area (Å²) < 4.78 is 5.38. The van der Waals surface area contributed by atoms with Crippen molar-refractivity contribution in [3.05, 3.63) is 42.0 Å². The Morgan fingerprint density at radius 1 is 1.15 bits per heavy atom. The standard InChI is InChI=1S/C16H20N2O2/c1-17-16(19)9-10-18-11-12-7-8-15(20-2)14-6-4-3-5-13(12)14/h3-8,18H,9-11H2,1-2H3,(H,17,19). The minimum absolute atomic E-state index is 0.0529. The van der Waals surface area contributed by atoms with Crippen LogP contribution >= 0.6 is 0 Å². The molecule has 0 aliphatic heterocycles. The van der Waals surface area contributed by atoms with Crippen LogP contribution in [0, 0.1) is 0 Å². The molecule has 0 aromatic heterocycles. The zero-order chi connectivity index (χ0) is 14.4. The van der Waals surface area contributed by atoms with Crippen molar-refractivity contribution < 1.29 is 9.53 Å². The van der Waals surface area contributed by atoms with E-state index in [2.05, 4.69) is 28.8 Å². The number of carbonyl (C=O) groups is 1. The van der Waals surface area contributed by atoms with Crippen LogP contribution in [0.5, 0.6) is 5.75 Å². The molecule has 1 amide bonds. The van der Waals surface area contributed by atoms with Gasteiger partial charge in [-0.25, -0.2) is 0 Å². The lowest BCUT2D eigenvalue weighted by atomic mass is 10.0. The van der Waals surface area contributed by atoms with Gasteiger partial charge in [-0.05, 0) is 17.0 Å². The molecule has 0 spiro atoms. The minimum Gasteiger partial charge on any atom is -0.496 e. The molecule has 0 fully saturated rings. The molecule has 20 heavy (non-hydrogen) atoms. The molecule has 0 bridgehead atoms. The monoisotopic (exact) mass is 272 g/mol. The fourth-order valence-electron chi connectivity index (χ4n) is 2.22. The van der Waals surface area contributed by atoms with E-state index in [0.29, 0.717) is 13.0 Å². The first-order valence-corrected chi connectivity index (χ1v) is 6.72. The van der Waals surface area contributed by atoms with Crippen LogP contribution in [0.25, 0.3) is 10.8 Å². The molecule has 106 valence electrons. The van der Waals surface area contributed by atoms with E-state index in [4.69, 9.17) is 4.74 Å². The summed E-state index contributed by atoms with van der Waals surface area (Å²) in [7, 11) is 3.34. The predicted octanol–water partition coefficient (Wildman–Crippen LogP) is 2.07. The van der Waals surface area contributed by atoms with Crippen LogP contribution in [0.2, 0.25) is 0 Å². The number of benzene rings is 2. The number of hydrogen-bond acceptors (Lipinski definition) is 3. The quantitative estimate of drug-likeness (QED) is 0.792. The molecule has 0 atom stereocenters. The Morgan fingerprint density at radius 2 is 1.90 bits per heavy atom. The summed E-state index contributed by atoms with van der Waals surface area (Å²) in [5, 5.41) is 8.20. The molecule has 0 unspecified atom stereocenters. The van der Waals surface area contributed by atoms with E-state index in [1.807, 2.05) is 18.2 Å². The molecular weight excluding hydrogens is 252 g/mol. The van der Waals surface area contributed by atoms with Crippen LogP contribution in [0.3, 0.4) is 0 Å². The second-order valence-electron chi connectivity index (χ2n) is 4.57. The molecule has 0 heterocycles. The van der Waals surface area contributed by atoms with Crippen molar-refractivity contribution in [2.24, 2.45) is 0 Å². The first-order chi connectivity index (χ1) is 9.76. The maximum atomic E-state index is 11.2. The highest BCUT2D eigenvalue weighted by Crippen LogP contribution is 2.28. The molecule has 0 radical (unpaired) electrons. The summed E-state index contributed by atoms with van der Waals surface area (Å²) in [4.78, 5) is 11.2. The van der Waals surface area contributed by atoms with Gasteiger partial charge in [-0.15, -0.1) is 0 Å². The van der Waals surface area contributed by atoms with Gasteiger partial charge in [0.15, 0.2) is 0 Å². The second-order valence-corrected chi connectivity index (χ2v) is 4.57. The summed E-state index contributed by atoms with van der Waals surface area (Å²) in [6.07, 6.45) is 0.491.